The topological polar surface area (TPSA) is 110 Å². The number of carbonyl (C=O) groups is 1. The van der Waals surface area contributed by atoms with Crippen molar-refractivity contribution in [1.82, 2.24) is 25.7 Å². The van der Waals surface area contributed by atoms with Gasteiger partial charge in [-0.15, -0.1) is 20.4 Å². The molecule has 0 saturated heterocycles. The summed E-state index contributed by atoms with van der Waals surface area (Å²) in [5.74, 6) is 0.823. The van der Waals surface area contributed by atoms with Gasteiger partial charge in [-0.1, -0.05) is 0 Å². The number of aliphatic hydroxyl groups excluding tert-OH is 1. The molecule has 1 heterocycles. The smallest absolute Gasteiger partial charge is 0.407 e. The Morgan fingerprint density at radius 1 is 1.16 bits per heavy atom. The van der Waals surface area contributed by atoms with E-state index >= 15 is 0 Å². The van der Waals surface area contributed by atoms with Gasteiger partial charge >= 0.3 is 6.09 Å². The number of aromatic nitrogens is 4. The summed E-state index contributed by atoms with van der Waals surface area (Å²) in [6, 6.07) is 0. The first-order chi connectivity index (χ1) is 8.90. The molecule has 8 heteroatoms. The van der Waals surface area contributed by atoms with Crippen molar-refractivity contribution in [3.8, 4) is 0 Å². The Bertz CT molecular complexity index is 402. The number of rotatable bonds is 5. The SMILES string of the molecule is CC(C)(C)OC(=O)NCCc1nnc(CCO)nn1. The van der Waals surface area contributed by atoms with E-state index in [1.165, 1.54) is 0 Å². The Kier molecular flexibility index (Phi) is 5.56. The second kappa shape index (κ2) is 6.93. The second-order valence-corrected chi connectivity index (χ2v) is 4.88. The van der Waals surface area contributed by atoms with E-state index in [9.17, 15) is 4.79 Å². The maximum Gasteiger partial charge on any atom is 0.407 e. The number of nitrogens with one attached hydrogen (secondary N) is 1. The summed E-state index contributed by atoms with van der Waals surface area (Å²) in [5, 5.41) is 26.6. The fraction of sp³-hybridized carbons (Fsp3) is 0.727. The average Bonchev–Trinajstić information content (AvgIpc) is 2.29. The molecule has 0 bridgehead atoms. The van der Waals surface area contributed by atoms with Crippen LogP contribution in [0.4, 0.5) is 4.79 Å². The van der Waals surface area contributed by atoms with Crippen molar-refractivity contribution in [3.05, 3.63) is 11.6 Å². The van der Waals surface area contributed by atoms with Crippen molar-refractivity contribution in [2.24, 2.45) is 0 Å². The maximum atomic E-state index is 11.4. The molecule has 1 rings (SSSR count). The van der Waals surface area contributed by atoms with Crippen LogP contribution in [0.1, 0.15) is 32.4 Å². The third-order valence-electron chi connectivity index (χ3n) is 1.91. The number of carbonyl (C=O) groups excluding carboxylic acids is 1. The fourth-order valence-electron chi connectivity index (χ4n) is 1.16. The first kappa shape index (κ1) is 15.2. The zero-order chi connectivity index (χ0) is 14.3. The molecule has 0 saturated carbocycles. The van der Waals surface area contributed by atoms with Gasteiger partial charge < -0.3 is 15.2 Å². The summed E-state index contributed by atoms with van der Waals surface area (Å²) in [6.45, 7) is 5.69. The molecule has 1 aromatic heterocycles. The molecule has 0 aliphatic heterocycles. The standard InChI is InChI=1S/C11H19N5O3/c1-11(2,3)19-10(18)12-6-4-8-13-15-9(5-7-17)16-14-8/h17H,4-7H2,1-3H3,(H,12,18). The lowest BCUT2D eigenvalue weighted by molar-refractivity contribution is 0.0528. The Hall–Kier alpha value is -1.83. The van der Waals surface area contributed by atoms with Gasteiger partial charge in [0.25, 0.3) is 0 Å². The van der Waals surface area contributed by atoms with Crippen molar-refractivity contribution in [1.29, 1.82) is 0 Å². The monoisotopic (exact) mass is 269 g/mol. The molecule has 0 unspecified atom stereocenters. The van der Waals surface area contributed by atoms with E-state index in [1.807, 2.05) is 0 Å². The molecule has 8 nitrogen and oxygen atoms in total. The van der Waals surface area contributed by atoms with Crippen LogP contribution in [0.5, 0.6) is 0 Å². The van der Waals surface area contributed by atoms with Gasteiger partial charge in [-0.3, -0.25) is 0 Å². The summed E-state index contributed by atoms with van der Waals surface area (Å²) < 4.78 is 5.08. The third kappa shape index (κ3) is 6.61. The Labute approximate surface area is 111 Å². The number of ether oxygens (including phenoxy) is 1. The highest BCUT2D eigenvalue weighted by Gasteiger charge is 2.15. The van der Waals surface area contributed by atoms with Crippen molar-refractivity contribution in [3.63, 3.8) is 0 Å². The number of aliphatic hydroxyl groups is 1. The van der Waals surface area contributed by atoms with Crippen LogP contribution in [0.2, 0.25) is 0 Å². The Morgan fingerprint density at radius 2 is 1.68 bits per heavy atom. The zero-order valence-electron chi connectivity index (χ0n) is 11.4. The van der Waals surface area contributed by atoms with E-state index in [0.717, 1.165) is 0 Å². The summed E-state index contributed by atoms with van der Waals surface area (Å²) in [4.78, 5) is 11.4. The highest BCUT2D eigenvalue weighted by molar-refractivity contribution is 5.67. The van der Waals surface area contributed by atoms with E-state index in [1.54, 1.807) is 20.8 Å². The van der Waals surface area contributed by atoms with E-state index in [2.05, 4.69) is 25.7 Å². The van der Waals surface area contributed by atoms with Crippen molar-refractivity contribution >= 4 is 6.09 Å². The molecule has 0 radical (unpaired) electrons. The molecule has 0 aliphatic rings. The number of amides is 1. The minimum absolute atomic E-state index is 0.0388. The van der Waals surface area contributed by atoms with Crippen molar-refractivity contribution in [2.75, 3.05) is 13.2 Å². The van der Waals surface area contributed by atoms with Gasteiger partial charge in [0.05, 0.1) is 6.61 Å². The number of hydrogen-bond acceptors (Lipinski definition) is 7. The van der Waals surface area contributed by atoms with E-state index in [0.29, 0.717) is 31.0 Å². The largest absolute Gasteiger partial charge is 0.444 e. The summed E-state index contributed by atoms with van der Waals surface area (Å²) in [7, 11) is 0. The average molecular weight is 269 g/mol. The molecule has 19 heavy (non-hydrogen) atoms. The molecule has 0 aliphatic carbocycles. The zero-order valence-corrected chi connectivity index (χ0v) is 11.4. The first-order valence-electron chi connectivity index (χ1n) is 6.03. The Balaban J connectivity index is 2.31. The molecule has 0 atom stereocenters. The number of nitrogens with zero attached hydrogens (tertiary/aromatic N) is 4. The van der Waals surface area contributed by atoms with Gasteiger partial charge in [0.1, 0.15) is 5.60 Å². The highest BCUT2D eigenvalue weighted by Crippen LogP contribution is 2.06. The van der Waals surface area contributed by atoms with Gasteiger partial charge in [-0.05, 0) is 20.8 Å². The highest BCUT2D eigenvalue weighted by atomic mass is 16.6. The van der Waals surface area contributed by atoms with Crippen molar-refractivity contribution < 1.29 is 14.6 Å². The van der Waals surface area contributed by atoms with Crippen LogP contribution in [0, 0.1) is 0 Å². The lowest BCUT2D eigenvalue weighted by Gasteiger charge is -2.19. The third-order valence-corrected chi connectivity index (χ3v) is 1.91. The predicted molar refractivity (Wildman–Crippen MR) is 66.4 cm³/mol. The van der Waals surface area contributed by atoms with Gasteiger partial charge in [-0.2, -0.15) is 0 Å². The lowest BCUT2D eigenvalue weighted by atomic mass is 10.2. The Morgan fingerprint density at radius 3 is 2.16 bits per heavy atom. The first-order valence-corrected chi connectivity index (χ1v) is 6.03. The van der Waals surface area contributed by atoms with Crippen LogP contribution < -0.4 is 5.32 Å². The van der Waals surface area contributed by atoms with Crippen LogP contribution >= 0.6 is 0 Å². The molecule has 1 amide bonds. The molecule has 0 aromatic carbocycles. The van der Waals surface area contributed by atoms with E-state index in [4.69, 9.17) is 9.84 Å². The quantitative estimate of drug-likeness (QED) is 0.766. The summed E-state index contributed by atoms with van der Waals surface area (Å²) >= 11 is 0. The van der Waals surface area contributed by atoms with Crippen LogP contribution in [-0.4, -0.2) is 50.3 Å². The molecule has 0 fully saturated rings. The summed E-state index contributed by atoms with van der Waals surface area (Å²) in [5.41, 5.74) is -0.518. The van der Waals surface area contributed by atoms with Crippen LogP contribution in [-0.2, 0) is 17.6 Å². The summed E-state index contributed by atoms with van der Waals surface area (Å²) in [6.07, 6.45) is 0.264. The molecular weight excluding hydrogens is 250 g/mol. The number of hydrogen-bond donors (Lipinski definition) is 2. The minimum Gasteiger partial charge on any atom is -0.444 e. The second-order valence-electron chi connectivity index (χ2n) is 4.88. The van der Waals surface area contributed by atoms with Crippen LogP contribution in [0.15, 0.2) is 0 Å². The molecule has 1 aromatic rings. The predicted octanol–water partition coefficient (Wildman–Crippen LogP) is -0.131. The fourth-order valence-corrected chi connectivity index (χ4v) is 1.16. The minimum atomic E-state index is -0.518. The molecule has 106 valence electrons. The van der Waals surface area contributed by atoms with Crippen LogP contribution in [0.3, 0.4) is 0 Å². The molecular formula is C11H19N5O3. The van der Waals surface area contributed by atoms with Gasteiger partial charge in [0, 0.05) is 19.4 Å². The van der Waals surface area contributed by atoms with E-state index in [-0.39, 0.29) is 6.61 Å². The maximum absolute atomic E-state index is 11.4. The lowest BCUT2D eigenvalue weighted by Crippen LogP contribution is -2.33. The van der Waals surface area contributed by atoms with Gasteiger partial charge in [0.15, 0.2) is 11.6 Å². The van der Waals surface area contributed by atoms with Crippen LogP contribution in [0.25, 0.3) is 0 Å². The molecule has 0 spiro atoms. The van der Waals surface area contributed by atoms with Gasteiger partial charge in [-0.25, -0.2) is 4.79 Å². The van der Waals surface area contributed by atoms with Crippen molar-refractivity contribution in [2.45, 2.75) is 39.2 Å². The van der Waals surface area contributed by atoms with Gasteiger partial charge in [0.2, 0.25) is 0 Å². The number of alkyl carbamates (subject to hydrolysis) is 1. The van der Waals surface area contributed by atoms with E-state index < -0.39 is 11.7 Å². The molecule has 2 N–H and O–H groups in total. The normalized spacial score (nSPS) is 11.2.